The highest BCUT2D eigenvalue weighted by atomic mass is 32.2. The summed E-state index contributed by atoms with van der Waals surface area (Å²) in [5.41, 5.74) is 0. The van der Waals surface area contributed by atoms with Gasteiger partial charge in [-0.25, -0.2) is 0 Å². The van der Waals surface area contributed by atoms with E-state index in [0.29, 0.717) is 18.7 Å². The molecule has 0 bridgehead atoms. The number of nitrogens with zero attached hydrogens (tertiary/aromatic N) is 1. The minimum absolute atomic E-state index is 0.0128. The van der Waals surface area contributed by atoms with E-state index in [4.69, 9.17) is 4.89 Å². The Labute approximate surface area is 106 Å². The molecular formula is C10H17NO4PS+. The lowest BCUT2D eigenvalue weighted by atomic mass is 10.1. The molecule has 1 fully saturated rings. The van der Waals surface area contributed by atoms with Gasteiger partial charge in [0, 0.05) is 32.1 Å². The Kier molecular flexibility index (Phi) is 6.09. The van der Waals surface area contributed by atoms with E-state index >= 15 is 0 Å². The number of piperidine rings is 1. The molecule has 1 aliphatic rings. The van der Waals surface area contributed by atoms with Crippen molar-refractivity contribution in [1.82, 2.24) is 4.90 Å². The molecule has 1 aliphatic heterocycles. The van der Waals surface area contributed by atoms with Gasteiger partial charge < -0.3 is 0 Å². The SMILES string of the molecule is CC(=O)SCCC(=O)N1CCCCC1[P+](=O)O. The summed E-state index contributed by atoms with van der Waals surface area (Å²) in [6.45, 7) is 2.01. The monoisotopic (exact) mass is 278 g/mol. The largest absolute Gasteiger partial charge is 0.530 e. The Morgan fingerprint density at radius 3 is 2.76 bits per heavy atom. The van der Waals surface area contributed by atoms with Crippen molar-refractivity contribution < 1.29 is 19.0 Å². The van der Waals surface area contributed by atoms with Crippen LogP contribution in [0.15, 0.2) is 0 Å². The van der Waals surface area contributed by atoms with Crippen LogP contribution in [0.1, 0.15) is 32.6 Å². The highest BCUT2D eigenvalue weighted by Gasteiger charge is 2.39. The van der Waals surface area contributed by atoms with Crippen LogP contribution in [-0.2, 0) is 14.2 Å². The summed E-state index contributed by atoms with van der Waals surface area (Å²) in [6, 6.07) is 0. The molecule has 1 N–H and O–H groups in total. The summed E-state index contributed by atoms with van der Waals surface area (Å²) >= 11 is 1.11. The lowest BCUT2D eigenvalue weighted by Gasteiger charge is -2.28. The maximum Gasteiger partial charge on any atom is 0.530 e. The van der Waals surface area contributed by atoms with Gasteiger partial charge in [-0.2, -0.15) is 4.89 Å². The Hall–Kier alpha value is -0.450. The van der Waals surface area contributed by atoms with Crippen molar-refractivity contribution in [2.75, 3.05) is 12.3 Å². The van der Waals surface area contributed by atoms with Gasteiger partial charge in [0.1, 0.15) is 0 Å². The van der Waals surface area contributed by atoms with Crippen molar-refractivity contribution in [2.24, 2.45) is 0 Å². The number of thioether (sulfide) groups is 1. The van der Waals surface area contributed by atoms with Gasteiger partial charge >= 0.3 is 8.03 Å². The van der Waals surface area contributed by atoms with Crippen molar-refractivity contribution in [3.05, 3.63) is 0 Å². The molecule has 7 heteroatoms. The van der Waals surface area contributed by atoms with E-state index in [1.807, 2.05) is 0 Å². The molecule has 0 aromatic rings. The minimum atomic E-state index is -2.34. The number of carbonyl (C=O) groups is 2. The van der Waals surface area contributed by atoms with E-state index in [1.54, 1.807) is 0 Å². The summed E-state index contributed by atoms with van der Waals surface area (Å²) in [4.78, 5) is 33.3. The Balaban J connectivity index is 2.47. The van der Waals surface area contributed by atoms with Crippen molar-refractivity contribution in [3.8, 4) is 0 Å². The van der Waals surface area contributed by atoms with Crippen molar-refractivity contribution in [1.29, 1.82) is 0 Å². The predicted octanol–water partition coefficient (Wildman–Crippen LogP) is 1.73. The van der Waals surface area contributed by atoms with Gasteiger partial charge in [0.2, 0.25) is 5.91 Å². The maximum atomic E-state index is 11.9. The summed E-state index contributed by atoms with van der Waals surface area (Å²) in [7, 11) is -2.34. The zero-order chi connectivity index (χ0) is 12.8. The quantitative estimate of drug-likeness (QED) is 0.793. The van der Waals surface area contributed by atoms with Crippen LogP contribution >= 0.6 is 19.8 Å². The molecule has 17 heavy (non-hydrogen) atoms. The van der Waals surface area contributed by atoms with Crippen LogP contribution in [0, 0.1) is 0 Å². The van der Waals surface area contributed by atoms with Crippen molar-refractivity contribution in [3.63, 3.8) is 0 Å². The zero-order valence-corrected chi connectivity index (χ0v) is 11.5. The van der Waals surface area contributed by atoms with Gasteiger partial charge in [0.15, 0.2) is 5.12 Å². The summed E-state index contributed by atoms with van der Waals surface area (Å²) in [5.74, 6) is -0.214. The summed E-state index contributed by atoms with van der Waals surface area (Å²) in [6.07, 6.45) is 2.62. The number of hydrogen-bond acceptors (Lipinski definition) is 4. The summed E-state index contributed by atoms with van der Waals surface area (Å²) in [5, 5.41) is -0.0128. The fraction of sp³-hybridized carbons (Fsp3) is 0.800. The second-order valence-corrected chi connectivity index (χ2v) is 6.43. The van der Waals surface area contributed by atoms with Crippen LogP contribution in [0.25, 0.3) is 0 Å². The Morgan fingerprint density at radius 2 is 2.18 bits per heavy atom. The first-order valence-corrected chi connectivity index (χ1v) is 7.87. The first-order chi connectivity index (χ1) is 8.02. The van der Waals surface area contributed by atoms with E-state index < -0.39 is 13.8 Å². The van der Waals surface area contributed by atoms with Crippen LogP contribution in [0.5, 0.6) is 0 Å². The lowest BCUT2D eigenvalue weighted by molar-refractivity contribution is -0.132. The van der Waals surface area contributed by atoms with Gasteiger partial charge in [0.05, 0.1) is 0 Å². The number of rotatable bonds is 4. The second kappa shape index (κ2) is 7.09. The van der Waals surface area contributed by atoms with E-state index in [-0.39, 0.29) is 17.4 Å². The standard InChI is InChI=1S/C10H16NO4PS/c1-8(12)17-7-5-9(13)11-6-3-2-4-10(11)16(14)15/h10H,2-7H2,1H3/p+1. The zero-order valence-electron chi connectivity index (χ0n) is 9.79. The molecule has 2 atom stereocenters. The molecule has 0 saturated carbocycles. The third kappa shape index (κ3) is 4.74. The number of likely N-dealkylation sites (tertiary alicyclic amines) is 1. The molecule has 0 aliphatic carbocycles. The van der Waals surface area contributed by atoms with Gasteiger partial charge in [0.25, 0.3) is 5.78 Å². The van der Waals surface area contributed by atoms with E-state index in [9.17, 15) is 14.2 Å². The van der Waals surface area contributed by atoms with Crippen LogP contribution in [0.2, 0.25) is 0 Å². The van der Waals surface area contributed by atoms with Crippen LogP contribution in [-0.4, -0.2) is 38.9 Å². The molecule has 0 radical (unpaired) electrons. The van der Waals surface area contributed by atoms with Crippen molar-refractivity contribution >= 4 is 30.8 Å². The molecule has 0 spiro atoms. The van der Waals surface area contributed by atoms with Crippen LogP contribution in [0.3, 0.4) is 0 Å². The first-order valence-electron chi connectivity index (χ1n) is 5.60. The number of hydrogen-bond donors (Lipinski definition) is 1. The van der Waals surface area contributed by atoms with Crippen LogP contribution in [0.4, 0.5) is 0 Å². The Morgan fingerprint density at radius 1 is 1.47 bits per heavy atom. The minimum Gasteiger partial charge on any atom is -0.296 e. The third-order valence-corrected chi connectivity index (χ3v) is 4.53. The fourth-order valence-corrected chi connectivity index (χ4v) is 3.31. The second-order valence-electron chi connectivity index (χ2n) is 3.96. The normalized spacial score (nSPS) is 21.2. The average molecular weight is 278 g/mol. The highest BCUT2D eigenvalue weighted by Crippen LogP contribution is 2.33. The van der Waals surface area contributed by atoms with Crippen molar-refractivity contribution in [2.45, 2.75) is 38.4 Å². The molecule has 1 amide bonds. The molecule has 1 rings (SSSR count). The van der Waals surface area contributed by atoms with E-state index in [0.717, 1.165) is 24.6 Å². The van der Waals surface area contributed by atoms with Gasteiger partial charge in [-0.3, -0.25) is 14.5 Å². The van der Waals surface area contributed by atoms with E-state index in [1.165, 1.54) is 11.8 Å². The fourth-order valence-electron chi connectivity index (χ4n) is 1.86. The van der Waals surface area contributed by atoms with Gasteiger partial charge in [-0.15, -0.1) is 0 Å². The first kappa shape index (κ1) is 14.6. The molecule has 2 unspecified atom stereocenters. The summed E-state index contributed by atoms with van der Waals surface area (Å²) < 4.78 is 11.1. The molecule has 0 aromatic heterocycles. The third-order valence-electron chi connectivity index (χ3n) is 2.67. The highest BCUT2D eigenvalue weighted by molar-refractivity contribution is 8.13. The smallest absolute Gasteiger partial charge is 0.296 e. The molecule has 1 saturated heterocycles. The average Bonchev–Trinajstić information content (AvgIpc) is 2.28. The number of carbonyl (C=O) groups excluding carboxylic acids is 2. The topological polar surface area (TPSA) is 74.7 Å². The van der Waals surface area contributed by atoms with Gasteiger partial charge in [-0.05, 0) is 17.4 Å². The lowest BCUT2D eigenvalue weighted by Crippen LogP contribution is -2.42. The van der Waals surface area contributed by atoms with Gasteiger partial charge in [-0.1, -0.05) is 11.8 Å². The maximum absolute atomic E-state index is 11.9. The molecule has 5 nitrogen and oxygen atoms in total. The van der Waals surface area contributed by atoms with Crippen LogP contribution < -0.4 is 0 Å². The Bertz CT molecular complexity index is 323. The molecule has 1 heterocycles. The molecule has 96 valence electrons. The van der Waals surface area contributed by atoms with E-state index in [2.05, 4.69) is 0 Å². The number of amides is 1. The molecular weight excluding hydrogens is 261 g/mol. The molecule has 0 aromatic carbocycles. The predicted molar refractivity (Wildman–Crippen MR) is 66.9 cm³/mol.